The lowest BCUT2D eigenvalue weighted by Crippen LogP contribution is -2.45. The first-order chi connectivity index (χ1) is 13.4. The van der Waals surface area contributed by atoms with E-state index in [4.69, 9.17) is 9.26 Å². The van der Waals surface area contributed by atoms with Crippen molar-refractivity contribution in [2.24, 2.45) is 0 Å². The average molecular weight is 379 g/mol. The van der Waals surface area contributed by atoms with Crippen LogP contribution >= 0.6 is 0 Å². The molecule has 2 aromatic carbocycles. The van der Waals surface area contributed by atoms with Gasteiger partial charge in [0.15, 0.2) is 0 Å². The summed E-state index contributed by atoms with van der Waals surface area (Å²) in [5, 5.41) is 4.05. The predicted molar refractivity (Wildman–Crippen MR) is 107 cm³/mol. The van der Waals surface area contributed by atoms with Crippen molar-refractivity contribution in [2.45, 2.75) is 39.8 Å². The molecule has 0 fully saturated rings. The van der Waals surface area contributed by atoms with Gasteiger partial charge >= 0.3 is 0 Å². The van der Waals surface area contributed by atoms with Gasteiger partial charge in [0.1, 0.15) is 12.3 Å². The molecule has 3 rings (SSSR count). The quantitative estimate of drug-likeness (QED) is 0.627. The molecule has 0 N–H and O–H groups in total. The van der Waals surface area contributed by atoms with Gasteiger partial charge in [-0.2, -0.15) is 4.98 Å². The Hall–Kier alpha value is -3.15. The van der Waals surface area contributed by atoms with Gasteiger partial charge in [-0.05, 0) is 39.8 Å². The van der Waals surface area contributed by atoms with E-state index in [-0.39, 0.29) is 12.5 Å². The highest BCUT2D eigenvalue weighted by atomic mass is 16.5. The Bertz CT molecular complexity index is 929. The fourth-order valence-corrected chi connectivity index (χ4v) is 2.84. The van der Waals surface area contributed by atoms with Crippen LogP contribution in [0.1, 0.15) is 43.9 Å². The minimum Gasteiger partial charge on any atom is -0.493 e. The molecule has 0 saturated carbocycles. The molecule has 0 aliphatic carbocycles. The number of carbonyl (C=O) groups excluding carboxylic acids is 1. The van der Waals surface area contributed by atoms with Crippen LogP contribution in [0.2, 0.25) is 0 Å². The summed E-state index contributed by atoms with van der Waals surface area (Å²) in [5.74, 6) is 1.32. The summed E-state index contributed by atoms with van der Waals surface area (Å²) in [4.78, 5) is 19.5. The molecule has 0 bridgehead atoms. The van der Waals surface area contributed by atoms with Crippen molar-refractivity contribution in [3.05, 3.63) is 66.1 Å². The zero-order valence-corrected chi connectivity index (χ0v) is 16.7. The molecule has 1 heterocycles. The number of aromatic nitrogens is 2. The zero-order valence-electron chi connectivity index (χ0n) is 16.7. The molecule has 0 spiro atoms. The second kappa shape index (κ2) is 8.25. The molecule has 1 aromatic heterocycles. The molecule has 3 aromatic rings. The van der Waals surface area contributed by atoms with Crippen molar-refractivity contribution in [1.82, 2.24) is 15.0 Å². The van der Waals surface area contributed by atoms with Crippen molar-refractivity contribution >= 4 is 5.91 Å². The number of amides is 1. The minimum absolute atomic E-state index is 0.143. The van der Waals surface area contributed by atoms with Crippen LogP contribution in [0.4, 0.5) is 0 Å². The van der Waals surface area contributed by atoms with Crippen LogP contribution in [0.25, 0.3) is 11.4 Å². The van der Waals surface area contributed by atoms with E-state index < -0.39 is 5.54 Å². The first kappa shape index (κ1) is 19.6. The Morgan fingerprint density at radius 1 is 1.07 bits per heavy atom. The van der Waals surface area contributed by atoms with Gasteiger partial charge in [-0.1, -0.05) is 47.6 Å². The molecule has 0 aliphatic rings. The largest absolute Gasteiger partial charge is 0.493 e. The van der Waals surface area contributed by atoms with E-state index in [2.05, 4.69) is 10.1 Å². The highest BCUT2D eigenvalue weighted by Gasteiger charge is 2.31. The molecular weight excluding hydrogens is 354 g/mol. The minimum atomic E-state index is -0.447. The monoisotopic (exact) mass is 379 g/mol. The molecule has 146 valence electrons. The normalized spacial score (nSPS) is 11.3. The second-order valence-electron chi connectivity index (χ2n) is 7.37. The Balaban J connectivity index is 1.88. The van der Waals surface area contributed by atoms with Crippen LogP contribution in [-0.2, 0) is 6.54 Å². The lowest BCUT2D eigenvalue weighted by molar-refractivity contribution is 0.0522. The maximum atomic E-state index is 13.3. The lowest BCUT2D eigenvalue weighted by atomic mass is 10.0. The van der Waals surface area contributed by atoms with Crippen molar-refractivity contribution in [3.8, 4) is 17.1 Å². The number of ether oxygens (including phenoxy) is 1. The summed E-state index contributed by atoms with van der Waals surface area (Å²) in [7, 11) is 0. The molecule has 0 saturated heterocycles. The molecule has 0 atom stereocenters. The van der Waals surface area contributed by atoms with Gasteiger partial charge in [-0.15, -0.1) is 0 Å². The van der Waals surface area contributed by atoms with Gasteiger partial charge in [0.05, 0.1) is 12.2 Å². The fourth-order valence-electron chi connectivity index (χ4n) is 2.84. The van der Waals surface area contributed by atoms with Gasteiger partial charge in [-0.3, -0.25) is 4.79 Å². The third-order valence-corrected chi connectivity index (χ3v) is 4.27. The van der Waals surface area contributed by atoms with Crippen molar-refractivity contribution in [3.63, 3.8) is 0 Å². The van der Waals surface area contributed by atoms with Crippen LogP contribution in [0.5, 0.6) is 5.75 Å². The Morgan fingerprint density at radius 3 is 2.43 bits per heavy atom. The van der Waals surface area contributed by atoms with Crippen LogP contribution < -0.4 is 4.74 Å². The molecule has 28 heavy (non-hydrogen) atoms. The number of rotatable bonds is 6. The molecule has 0 unspecified atom stereocenters. The highest BCUT2D eigenvalue weighted by Crippen LogP contribution is 2.26. The topological polar surface area (TPSA) is 68.5 Å². The SMILES string of the molecule is CCOc1ccccc1C(=O)N(Cc1nc(-c2ccccc2)no1)C(C)(C)C. The molecule has 1 amide bonds. The molecule has 0 aliphatic heterocycles. The second-order valence-corrected chi connectivity index (χ2v) is 7.37. The van der Waals surface area contributed by atoms with Gasteiger partial charge in [0.25, 0.3) is 5.91 Å². The number of carbonyl (C=O) groups is 1. The number of hydrogen-bond acceptors (Lipinski definition) is 5. The maximum Gasteiger partial charge on any atom is 0.258 e. The van der Waals surface area contributed by atoms with Crippen molar-refractivity contribution in [2.75, 3.05) is 6.61 Å². The number of para-hydroxylation sites is 1. The third kappa shape index (κ3) is 4.39. The van der Waals surface area contributed by atoms with E-state index in [0.29, 0.717) is 29.6 Å². The van der Waals surface area contributed by atoms with E-state index in [0.717, 1.165) is 5.56 Å². The van der Waals surface area contributed by atoms with E-state index >= 15 is 0 Å². The van der Waals surface area contributed by atoms with Gasteiger partial charge in [-0.25, -0.2) is 0 Å². The van der Waals surface area contributed by atoms with Crippen molar-refractivity contribution < 1.29 is 14.1 Å². The van der Waals surface area contributed by atoms with Crippen LogP contribution in [-0.4, -0.2) is 33.1 Å². The summed E-state index contributed by atoms with van der Waals surface area (Å²) < 4.78 is 11.1. The zero-order chi connectivity index (χ0) is 20.1. The van der Waals surface area contributed by atoms with E-state index in [9.17, 15) is 4.79 Å². The number of hydrogen-bond donors (Lipinski definition) is 0. The summed E-state index contributed by atoms with van der Waals surface area (Å²) in [6.07, 6.45) is 0. The molecular formula is C22H25N3O3. The van der Waals surface area contributed by atoms with Crippen LogP contribution in [0, 0.1) is 0 Å². The van der Waals surface area contributed by atoms with E-state index in [1.54, 1.807) is 17.0 Å². The molecule has 0 radical (unpaired) electrons. The summed E-state index contributed by atoms with van der Waals surface area (Å²) in [6.45, 7) is 8.52. The summed E-state index contributed by atoms with van der Waals surface area (Å²) >= 11 is 0. The third-order valence-electron chi connectivity index (χ3n) is 4.27. The number of benzene rings is 2. The van der Waals surface area contributed by atoms with Gasteiger partial charge in [0, 0.05) is 11.1 Å². The Morgan fingerprint density at radius 2 is 1.75 bits per heavy atom. The maximum absolute atomic E-state index is 13.3. The fraction of sp³-hybridized carbons (Fsp3) is 0.318. The van der Waals surface area contributed by atoms with Crippen molar-refractivity contribution in [1.29, 1.82) is 0 Å². The number of nitrogens with zero attached hydrogens (tertiary/aromatic N) is 3. The summed E-state index contributed by atoms with van der Waals surface area (Å²) in [5.41, 5.74) is 0.938. The Labute approximate surface area is 165 Å². The van der Waals surface area contributed by atoms with E-state index in [1.807, 2.05) is 70.2 Å². The first-order valence-corrected chi connectivity index (χ1v) is 9.32. The first-order valence-electron chi connectivity index (χ1n) is 9.32. The highest BCUT2D eigenvalue weighted by molar-refractivity contribution is 5.97. The molecule has 6 nitrogen and oxygen atoms in total. The molecule has 6 heteroatoms. The predicted octanol–water partition coefficient (Wildman–Crippen LogP) is 4.58. The van der Waals surface area contributed by atoms with Gasteiger partial charge < -0.3 is 14.2 Å². The summed E-state index contributed by atoms with van der Waals surface area (Å²) in [6, 6.07) is 16.9. The Kier molecular flexibility index (Phi) is 5.78. The average Bonchev–Trinajstić information content (AvgIpc) is 3.15. The van der Waals surface area contributed by atoms with Crippen LogP contribution in [0.3, 0.4) is 0 Å². The van der Waals surface area contributed by atoms with E-state index in [1.165, 1.54) is 0 Å². The van der Waals surface area contributed by atoms with Crippen LogP contribution in [0.15, 0.2) is 59.1 Å². The van der Waals surface area contributed by atoms with Gasteiger partial charge in [0.2, 0.25) is 11.7 Å². The standard InChI is InChI=1S/C22H25N3O3/c1-5-27-18-14-10-9-13-17(18)21(26)25(22(2,3)4)15-19-23-20(24-28-19)16-11-7-6-8-12-16/h6-14H,5,15H2,1-4H3. The lowest BCUT2D eigenvalue weighted by Gasteiger charge is -2.35. The smallest absolute Gasteiger partial charge is 0.258 e.